The standard InChI is InChI=1S/C16H21N3OS/c1-3-17-12-5-4-6-13-16(12)21-15(19-13)9-11-7-8-14(20-2)18-10-11/h7-8,10,12,17H,3-6,9H2,1-2H3. The minimum atomic E-state index is 0.499. The molecule has 2 heterocycles. The lowest BCUT2D eigenvalue weighted by Gasteiger charge is -2.21. The van der Waals surface area contributed by atoms with Gasteiger partial charge in [-0.25, -0.2) is 9.97 Å². The zero-order valence-corrected chi connectivity index (χ0v) is 13.4. The lowest BCUT2D eigenvalue weighted by molar-refractivity contribution is 0.397. The molecule has 0 fully saturated rings. The van der Waals surface area contributed by atoms with Gasteiger partial charge in [0.05, 0.1) is 17.8 Å². The van der Waals surface area contributed by atoms with E-state index in [1.807, 2.05) is 23.6 Å². The van der Waals surface area contributed by atoms with Gasteiger partial charge in [-0.3, -0.25) is 0 Å². The number of nitrogens with one attached hydrogen (secondary N) is 1. The Morgan fingerprint density at radius 2 is 2.33 bits per heavy atom. The van der Waals surface area contributed by atoms with Crippen LogP contribution in [-0.4, -0.2) is 23.6 Å². The van der Waals surface area contributed by atoms with Crippen LogP contribution >= 0.6 is 11.3 Å². The topological polar surface area (TPSA) is 47.0 Å². The van der Waals surface area contributed by atoms with Crippen LogP contribution in [0.3, 0.4) is 0 Å². The molecule has 0 saturated heterocycles. The molecule has 3 rings (SSSR count). The summed E-state index contributed by atoms with van der Waals surface area (Å²) in [5, 5.41) is 4.77. The predicted octanol–water partition coefficient (Wildman–Crippen LogP) is 3.12. The van der Waals surface area contributed by atoms with E-state index in [-0.39, 0.29) is 0 Å². The molecule has 0 aliphatic heterocycles. The van der Waals surface area contributed by atoms with E-state index in [0.29, 0.717) is 11.9 Å². The van der Waals surface area contributed by atoms with Crippen molar-refractivity contribution in [1.29, 1.82) is 0 Å². The number of methoxy groups -OCH3 is 1. The second kappa shape index (κ2) is 6.54. The first kappa shape index (κ1) is 14.5. The normalized spacial score (nSPS) is 17.5. The fourth-order valence-electron chi connectivity index (χ4n) is 2.80. The molecule has 1 atom stereocenters. The second-order valence-electron chi connectivity index (χ2n) is 5.31. The van der Waals surface area contributed by atoms with Crippen LogP contribution < -0.4 is 10.1 Å². The summed E-state index contributed by atoms with van der Waals surface area (Å²) in [7, 11) is 1.64. The number of pyridine rings is 1. The third kappa shape index (κ3) is 3.24. The molecule has 0 bridgehead atoms. The van der Waals surface area contributed by atoms with Crippen LogP contribution in [0.2, 0.25) is 0 Å². The van der Waals surface area contributed by atoms with Crippen molar-refractivity contribution in [3.8, 4) is 5.88 Å². The number of rotatable bonds is 5. The van der Waals surface area contributed by atoms with Crippen LogP contribution in [0.5, 0.6) is 5.88 Å². The number of thiazole rings is 1. The molecule has 0 amide bonds. The lowest BCUT2D eigenvalue weighted by Crippen LogP contribution is -2.23. The van der Waals surface area contributed by atoms with Gasteiger partial charge in [-0.1, -0.05) is 13.0 Å². The minimum absolute atomic E-state index is 0.499. The summed E-state index contributed by atoms with van der Waals surface area (Å²) in [6.45, 7) is 3.18. The number of hydrogen-bond acceptors (Lipinski definition) is 5. The van der Waals surface area contributed by atoms with Gasteiger partial charge in [0, 0.05) is 29.6 Å². The van der Waals surface area contributed by atoms with E-state index in [0.717, 1.165) is 19.4 Å². The summed E-state index contributed by atoms with van der Waals surface area (Å²) in [6, 6.07) is 4.47. The van der Waals surface area contributed by atoms with Crippen LogP contribution in [0.15, 0.2) is 18.3 Å². The third-order valence-corrected chi connectivity index (χ3v) is 5.02. The number of ether oxygens (including phenoxy) is 1. The Kier molecular flexibility index (Phi) is 4.51. The van der Waals surface area contributed by atoms with Crippen molar-refractivity contribution in [3.05, 3.63) is 39.5 Å². The first-order valence-electron chi connectivity index (χ1n) is 7.51. The quantitative estimate of drug-likeness (QED) is 0.922. The molecule has 2 aromatic heterocycles. The highest BCUT2D eigenvalue weighted by Gasteiger charge is 2.23. The maximum atomic E-state index is 5.09. The Bertz CT molecular complexity index is 594. The molecule has 0 saturated carbocycles. The van der Waals surface area contributed by atoms with Crippen molar-refractivity contribution < 1.29 is 4.74 Å². The average molecular weight is 303 g/mol. The van der Waals surface area contributed by atoms with E-state index in [1.165, 1.54) is 34.0 Å². The molecule has 0 radical (unpaired) electrons. The fourth-order valence-corrected chi connectivity index (χ4v) is 4.06. The van der Waals surface area contributed by atoms with Crippen LogP contribution in [0.4, 0.5) is 0 Å². The molecule has 2 aromatic rings. The summed E-state index contributed by atoms with van der Waals surface area (Å²) in [5.74, 6) is 0.657. The van der Waals surface area contributed by atoms with E-state index in [4.69, 9.17) is 9.72 Å². The lowest BCUT2D eigenvalue weighted by atomic mass is 9.98. The smallest absolute Gasteiger partial charge is 0.212 e. The Hall–Kier alpha value is -1.46. The van der Waals surface area contributed by atoms with Gasteiger partial charge < -0.3 is 10.1 Å². The van der Waals surface area contributed by atoms with E-state index in [2.05, 4.69) is 23.3 Å². The second-order valence-corrected chi connectivity index (χ2v) is 6.42. The van der Waals surface area contributed by atoms with Crippen LogP contribution in [-0.2, 0) is 12.8 Å². The first-order valence-corrected chi connectivity index (χ1v) is 8.32. The Balaban J connectivity index is 1.77. The fraction of sp³-hybridized carbons (Fsp3) is 0.500. The molecule has 5 heteroatoms. The summed E-state index contributed by atoms with van der Waals surface area (Å²) < 4.78 is 5.09. The molecule has 112 valence electrons. The molecule has 21 heavy (non-hydrogen) atoms. The molecular formula is C16H21N3OS. The van der Waals surface area contributed by atoms with E-state index >= 15 is 0 Å². The average Bonchev–Trinajstić information content (AvgIpc) is 2.92. The van der Waals surface area contributed by atoms with Gasteiger partial charge in [0.15, 0.2) is 0 Å². The zero-order chi connectivity index (χ0) is 14.7. The van der Waals surface area contributed by atoms with Crippen molar-refractivity contribution >= 4 is 11.3 Å². The number of aryl methyl sites for hydroxylation is 1. The third-order valence-electron chi connectivity index (χ3n) is 3.81. The maximum Gasteiger partial charge on any atom is 0.212 e. The molecule has 1 aliphatic rings. The highest BCUT2D eigenvalue weighted by Crippen LogP contribution is 2.34. The van der Waals surface area contributed by atoms with Gasteiger partial charge in [-0.05, 0) is 31.4 Å². The van der Waals surface area contributed by atoms with Crippen LogP contribution in [0.1, 0.15) is 46.9 Å². The largest absolute Gasteiger partial charge is 0.481 e. The summed E-state index contributed by atoms with van der Waals surface area (Å²) in [6.07, 6.45) is 6.31. The van der Waals surface area contributed by atoms with Gasteiger partial charge in [0.1, 0.15) is 0 Å². The van der Waals surface area contributed by atoms with Crippen molar-refractivity contribution in [1.82, 2.24) is 15.3 Å². The number of hydrogen-bond donors (Lipinski definition) is 1. The first-order chi connectivity index (χ1) is 10.3. The van der Waals surface area contributed by atoms with Crippen LogP contribution in [0, 0.1) is 0 Å². The molecule has 4 nitrogen and oxygen atoms in total. The summed E-state index contributed by atoms with van der Waals surface area (Å²) in [4.78, 5) is 10.5. The van der Waals surface area contributed by atoms with Gasteiger partial charge in [-0.15, -0.1) is 11.3 Å². The molecule has 1 aliphatic carbocycles. The van der Waals surface area contributed by atoms with E-state index in [1.54, 1.807) is 7.11 Å². The van der Waals surface area contributed by atoms with E-state index < -0.39 is 0 Å². The SMILES string of the molecule is CCNC1CCCc2nc(Cc3ccc(OC)nc3)sc21. The van der Waals surface area contributed by atoms with Gasteiger partial charge in [0.25, 0.3) is 0 Å². The Morgan fingerprint density at radius 1 is 1.43 bits per heavy atom. The molecule has 0 spiro atoms. The van der Waals surface area contributed by atoms with E-state index in [9.17, 15) is 0 Å². The minimum Gasteiger partial charge on any atom is -0.481 e. The molecule has 1 unspecified atom stereocenters. The molecule has 1 N–H and O–H groups in total. The van der Waals surface area contributed by atoms with Gasteiger partial charge in [-0.2, -0.15) is 0 Å². The van der Waals surface area contributed by atoms with Crippen molar-refractivity contribution in [2.75, 3.05) is 13.7 Å². The van der Waals surface area contributed by atoms with Crippen LogP contribution in [0.25, 0.3) is 0 Å². The maximum absolute atomic E-state index is 5.09. The zero-order valence-electron chi connectivity index (χ0n) is 12.6. The highest BCUT2D eigenvalue weighted by molar-refractivity contribution is 7.11. The predicted molar refractivity (Wildman–Crippen MR) is 85.1 cm³/mol. The number of fused-ring (bicyclic) bond motifs is 1. The summed E-state index contributed by atoms with van der Waals surface area (Å²) >= 11 is 1.86. The van der Waals surface area contributed by atoms with Crippen molar-refractivity contribution in [3.63, 3.8) is 0 Å². The molecular weight excluding hydrogens is 282 g/mol. The van der Waals surface area contributed by atoms with Gasteiger partial charge >= 0.3 is 0 Å². The van der Waals surface area contributed by atoms with Crippen molar-refractivity contribution in [2.45, 2.75) is 38.6 Å². The van der Waals surface area contributed by atoms with Crippen molar-refractivity contribution in [2.24, 2.45) is 0 Å². The number of nitrogens with zero attached hydrogens (tertiary/aromatic N) is 2. The Labute approximate surface area is 129 Å². The monoisotopic (exact) mass is 303 g/mol. The highest BCUT2D eigenvalue weighted by atomic mass is 32.1. The Morgan fingerprint density at radius 3 is 3.05 bits per heavy atom. The summed E-state index contributed by atoms with van der Waals surface area (Å²) in [5.41, 5.74) is 2.48. The van der Waals surface area contributed by atoms with Gasteiger partial charge in [0.2, 0.25) is 5.88 Å². The number of aromatic nitrogens is 2. The molecule has 0 aromatic carbocycles.